The van der Waals surface area contributed by atoms with Crippen molar-refractivity contribution >= 4 is 0 Å². The summed E-state index contributed by atoms with van der Waals surface area (Å²) < 4.78 is 0. The van der Waals surface area contributed by atoms with Crippen LogP contribution in [0, 0.1) is 17.2 Å². The smallest absolute Gasteiger partial charge is 0.0991 e. The van der Waals surface area contributed by atoms with Gasteiger partial charge in [0, 0.05) is 12.6 Å². The molecule has 0 radical (unpaired) electrons. The van der Waals surface area contributed by atoms with Gasteiger partial charge in [0.25, 0.3) is 0 Å². The summed E-state index contributed by atoms with van der Waals surface area (Å²) in [6.45, 7) is 7.58. The van der Waals surface area contributed by atoms with Crippen LogP contribution in [0.3, 0.4) is 0 Å². The van der Waals surface area contributed by atoms with E-state index >= 15 is 0 Å². The van der Waals surface area contributed by atoms with E-state index in [9.17, 15) is 0 Å². The Bertz CT molecular complexity index is 379. The second-order valence-electron chi connectivity index (χ2n) is 4.84. The molecule has 0 aliphatic rings. The molecular formula is C15H22N2. The summed E-state index contributed by atoms with van der Waals surface area (Å²) in [4.78, 5) is 0. The minimum atomic E-state index is 0.524. The van der Waals surface area contributed by atoms with Crippen molar-refractivity contribution in [1.82, 2.24) is 5.32 Å². The van der Waals surface area contributed by atoms with Crippen LogP contribution < -0.4 is 5.32 Å². The van der Waals surface area contributed by atoms with Crippen molar-refractivity contribution in [3.63, 3.8) is 0 Å². The number of benzene rings is 1. The van der Waals surface area contributed by atoms with Crippen molar-refractivity contribution in [2.75, 3.05) is 0 Å². The summed E-state index contributed by atoms with van der Waals surface area (Å²) >= 11 is 0. The van der Waals surface area contributed by atoms with Gasteiger partial charge in [-0.15, -0.1) is 0 Å². The van der Waals surface area contributed by atoms with E-state index in [1.54, 1.807) is 0 Å². The molecule has 1 rings (SSSR count). The van der Waals surface area contributed by atoms with Crippen LogP contribution in [0.1, 0.15) is 44.7 Å². The highest BCUT2D eigenvalue weighted by Crippen LogP contribution is 2.10. The first-order chi connectivity index (χ1) is 8.15. The largest absolute Gasteiger partial charge is 0.310 e. The maximum Gasteiger partial charge on any atom is 0.0991 e. The number of hydrogen-bond donors (Lipinski definition) is 1. The van der Waals surface area contributed by atoms with E-state index in [2.05, 4.69) is 38.2 Å². The van der Waals surface area contributed by atoms with Gasteiger partial charge in [0.05, 0.1) is 11.6 Å². The van der Waals surface area contributed by atoms with Gasteiger partial charge in [0.15, 0.2) is 0 Å². The van der Waals surface area contributed by atoms with E-state index in [1.807, 2.05) is 18.2 Å². The highest BCUT2D eigenvalue weighted by atomic mass is 14.9. The van der Waals surface area contributed by atoms with Gasteiger partial charge in [0.1, 0.15) is 0 Å². The Balaban J connectivity index is 2.42. The molecule has 1 N–H and O–H groups in total. The number of nitrogens with one attached hydrogen (secondary N) is 1. The molecular weight excluding hydrogens is 208 g/mol. The fourth-order valence-electron chi connectivity index (χ4n) is 1.90. The fourth-order valence-corrected chi connectivity index (χ4v) is 1.90. The molecule has 2 heteroatoms. The van der Waals surface area contributed by atoms with Crippen LogP contribution >= 0.6 is 0 Å². The van der Waals surface area contributed by atoms with E-state index in [0.29, 0.717) is 6.04 Å². The quantitative estimate of drug-likeness (QED) is 0.812. The molecule has 0 heterocycles. The third-order valence-corrected chi connectivity index (χ3v) is 3.16. The van der Waals surface area contributed by atoms with Gasteiger partial charge >= 0.3 is 0 Å². The van der Waals surface area contributed by atoms with Gasteiger partial charge in [-0.1, -0.05) is 32.4 Å². The highest BCUT2D eigenvalue weighted by Gasteiger charge is 2.06. The molecule has 17 heavy (non-hydrogen) atoms. The molecule has 0 amide bonds. The number of nitrogens with zero attached hydrogens (tertiary/aromatic N) is 1. The van der Waals surface area contributed by atoms with Gasteiger partial charge in [-0.2, -0.15) is 5.26 Å². The zero-order valence-electron chi connectivity index (χ0n) is 11.0. The molecule has 0 fully saturated rings. The van der Waals surface area contributed by atoms with Gasteiger partial charge < -0.3 is 5.32 Å². The summed E-state index contributed by atoms with van der Waals surface area (Å²) in [5.41, 5.74) is 1.92. The van der Waals surface area contributed by atoms with Crippen molar-refractivity contribution in [3.05, 3.63) is 35.4 Å². The standard InChI is InChI=1S/C15H22N2/c1-4-12(2)8-13(3)17-11-15-7-5-6-14(9-15)10-16/h5-7,9,12-13,17H,4,8,11H2,1-3H3. The van der Waals surface area contributed by atoms with E-state index in [1.165, 1.54) is 18.4 Å². The Morgan fingerprint density at radius 2 is 2.12 bits per heavy atom. The molecule has 1 aromatic rings. The van der Waals surface area contributed by atoms with Crippen molar-refractivity contribution in [3.8, 4) is 6.07 Å². The van der Waals surface area contributed by atoms with Crippen LogP contribution in [0.15, 0.2) is 24.3 Å². The minimum absolute atomic E-state index is 0.524. The summed E-state index contributed by atoms with van der Waals surface area (Å²) in [5.74, 6) is 0.767. The molecule has 0 aliphatic heterocycles. The molecule has 1 aromatic carbocycles. The number of nitriles is 1. The Hall–Kier alpha value is -1.33. The van der Waals surface area contributed by atoms with E-state index < -0.39 is 0 Å². The van der Waals surface area contributed by atoms with Crippen molar-refractivity contribution in [1.29, 1.82) is 5.26 Å². The number of hydrogen-bond acceptors (Lipinski definition) is 2. The molecule has 0 spiro atoms. The van der Waals surface area contributed by atoms with Gasteiger partial charge in [-0.3, -0.25) is 0 Å². The van der Waals surface area contributed by atoms with Crippen molar-refractivity contribution in [2.45, 2.75) is 46.2 Å². The molecule has 0 aromatic heterocycles. The summed E-state index contributed by atoms with van der Waals surface area (Å²) in [6.07, 6.45) is 2.43. The lowest BCUT2D eigenvalue weighted by atomic mass is 10.0. The van der Waals surface area contributed by atoms with Crippen LogP contribution in [0.5, 0.6) is 0 Å². The lowest BCUT2D eigenvalue weighted by molar-refractivity contribution is 0.412. The first kappa shape index (κ1) is 13.7. The third-order valence-electron chi connectivity index (χ3n) is 3.16. The Morgan fingerprint density at radius 3 is 2.76 bits per heavy atom. The second-order valence-corrected chi connectivity index (χ2v) is 4.84. The maximum atomic E-state index is 8.82. The predicted molar refractivity (Wildman–Crippen MR) is 71.5 cm³/mol. The normalized spacial score (nSPS) is 14.0. The first-order valence-electron chi connectivity index (χ1n) is 6.38. The van der Waals surface area contributed by atoms with Gasteiger partial charge in [-0.05, 0) is 37.0 Å². The SMILES string of the molecule is CCC(C)CC(C)NCc1cccc(C#N)c1. The topological polar surface area (TPSA) is 35.8 Å². The fraction of sp³-hybridized carbons (Fsp3) is 0.533. The molecule has 2 unspecified atom stereocenters. The van der Waals surface area contributed by atoms with Gasteiger partial charge in [-0.25, -0.2) is 0 Å². The monoisotopic (exact) mass is 230 g/mol. The molecule has 2 atom stereocenters. The Morgan fingerprint density at radius 1 is 1.35 bits per heavy atom. The van der Waals surface area contributed by atoms with E-state index in [4.69, 9.17) is 5.26 Å². The summed E-state index contributed by atoms with van der Waals surface area (Å²) in [7, 11) is 0. The highest BCUT2D eigenvalue weighted by molar-refractivity contribution is 5.32. The Labute approximate surface area is 105 Å². The van der Waals surface area contributed by atoms with Crippen molar-refractivity contribution in [2.24, 2.45) is 5.92 Å². The first-order valence-corrected chi connectivity index (χ1v) is 6.38. The third kappa shape index (κ3) is 5.01. The minimum Gasteiger partial charge on any atom is -0.310 e. The molecule has 0 aliphatic carbocycles. The zero-order chi connectivity index (χ0) is 12.7. The summed E-state index contributed by atoms with van der Waals surface area (Å²) in [6, 6.07) is 10.5. The van der Waals surface area contributed by atoms with E-state index in [-0.39, 0.29) is 0 Å². The average molecular weight is 230 g/mol. The van der Waals surface area contributed by atoms with Crippen LogP contribution in [0.2, 0.25) is 0 Å². The lowest BCUT2D eigenvalue weighted by Gasteiger charge is -2.17. The summed E-state index contributed by atoms with van der Waals surface area (Å²) in [5, 5.41) is 12.3. The van der Waals surface area contributed by atoms with E-state index in [0.717, 1.165) is 18.0 Å². The van der Waals surface area contributed by atoms with Crippen LogP contribution in [-0.4, -0.2) is 6.04 Å². The van der Waals surface area contributed by atoms with Crippen molar-refractivity contribution < 1.29 is 0 Å². The molecule has 0 saturated heterocycles. The zero-order valence-corrected chi connectivity index (χ0v) is 11.0. The van der Waals surface area contributed by atoms with Crippen LogP contribution in [0.4, 0.5) is 0 Å². The molecule has 2 nitrogen and oxygen atoms in total. The molecule has 92 valence electrons. The molecule has 0 bridgehead atoms. The average Bonchev–Trinajstić information content (AvgIpc) is 2.36. The maximum absolute atomic E-state index is 8.82. The van der Waals surface area contributed by atoms with Crippen LogP contribution in [-0.2, 0) is 6.54 Å². The predicted octanol–water partition coefficient (Wildman–Crippen LogP) is 3.47. The second kappa shape index (κ2) is 7.09. The van der Waals surface area contributed by atoms with Gasteiger partial charge in [0.2, 0.25) is 0 Å². The van der Waals surface area contributed by atoms with Crippen LogP contribution in [0.25, 0.3) is 0 Å². The lowest BCUT2D eigenvalue weighted by Crippen LogP contribution is -2.27. The molecule has 0 saturated carbocycles. The number of rotatable bonds is 6. The Kier molecular flexibility index (Phi) is 5.72.